The number of nitro groups is 1. The standard InChI is InChI=1S/C13H15N3O2S/c1-8-4-6-12(19-8)10(3)15-13-7-5-11(16(17)18)9(2)14-13/h4-7,10H,1-3H3,(H,14,15). The lowest BCUT2D eigenvalue weighted by Crippen LogP contribution is -2.07. The largest absolute Gasteiger partial charge is 0.363 e. The Morgan fingerprint density at radius 2 is 2.05 bits per heavy atom. The number of nitrogens with zero attached hydrogens (tertiary/aromatic N) is 2. The normalized spacial score (nSPS) is 12.2. The highest BCUT2D eigenvalue weighted by molar-refractivity contribution is 7.12. The number of anilines is 1. The van der Waals surface area contributed by atoms with Crippen molar-refractivity contribution in [3.8, 4) is 0 Å². The van der Waals surface area contributed by atoms with Gasteiger partial charge in [0.15, 0.2) is 0 Å². The van der Waals surface area contributed by atoms with Crippen molar-refractivity contribution in [2.24, 2.45) is 0 Å². The number of nitrogens with one attached hydrogen (secondary N) is 1. The zero-order valence-electron chi connectivity index (χ0n) is 11.0. The van der Waals surface area contributed by atoms with Crippen LogP contribution in [0.1, 0.15) is 28.4 Å². The molecule has 0 aromatic carbocycles. The monoisotopic (exact) mass is 277 g/mol. The number of hydrogen-bond acceptors (Lipinski definition) is 5. The van der Waals surface area contributed by atoms with E-state index < -0.39 is 4.92 Å². The molecule has 0 aliphatic rings. The molecule has 0 aliphatic carbocycles. The lowest BCUT2D eigenvalue weighted by molar-refractivity contribution is -0.385. The molecule has 1 N–H and O–H groups in total. The third kappa shape index (κ3) is 3.08. The predicted molar refractivity (Wildman–Crippen MR) is 76.7 cm³/mol. The molecule has 19 heavy (non-hydrogen) atoms. The van der Waals surface area contributed by atoms with Crippen molar-refractivity contribution in [3.63, 3.8) is 0 Å². The molecule has 0 spiro atoms. The summed E-state index contributed by atoms with van der Waals surface area (Å²) in [6.07, 6.45) is 0. The van der Waals surface area contributed by atoms with Crippen LogP contribution in [0.2, 0.25) is 0 Å². The van der Waals surface area contributed by atoms with E-state index in [0.717, 1.165) is 0 Å². The van der Waals surface area contributed by atoms with Gasteiger partial charge in [-0.15, -0.1) is 11.3 Å². The summed E-state index contributed by atoms with van der Waals surface area (Å²) in [5.74, 6) is 0.654. The van der Waals surface area contributed by atoms with E-state index in [1.807, 2.05) is 6.92 Å². The SMILES string of the molecule is Cc1ccc(C(C)Nc2ccc([N+](=O)[O-])c(C)n2)s1. The summed E-state index contributed by atoms with van der Waals surface area (Å²) >= 11 is 1.73. The number of thiophene rings is 1. The van der Waals surface area contributed by atoms with Crippen molar-refractivity contribution in [1.29, 1.82) is 0 Å². The van der Waals surface area contributed by atoms with E-state index in [0.29, 0.717) is 11.5 Å². The van der Waals surface area contributed by atoms with Gasteiger partial charge in [-0.05, 0) is 39.0 Å². The van der Waals surface area contributed by atoms with Crippen molar-refractivity contribution in [3.05, 3.63) is 49.8 Å². The van der Waals surface area contributed by atoms with Gasteiger partial charge in [0, 0.05) is 15.8 Å². The van der Waals surface area contributed by atoms with Gasteiger partial charge in [0.25, 0.3) is 5.69 Å². The Labute approximate surface area is 115 Å². The molecule has 1 atom stereocenters. The molecule has 2 heterocycles. The van der Waals surface area contributed by atoms with E-state index >= 15 is 0 Å². The lowest BCUT2D eigenvalue weighted by atomic mass is 10.2. The Morgan fingerprint density at radius 1 is 1.32 bits per heavy atom. The first-order valence-corrected chi connectivity index (χ1v) is 6.74. The fourth-order valence-electron chi connectivity index (χ4n) is 1.81. The maximum Gasteiger partial charge on any atom is 0.290 e. The average molecular weight is 277 g/mol. The molecule has 0 fully saturated rings. The van der Waals surface area contributed by atoms with Crippen LogP contribution in [0.4, 0.5) is 11.5 Å². The molecule has 2 aromatic heterocycles. The molecule has 5 nitrogen and oxygen atoms in total. The van der Waals surface area contributed by atoms with Gasteiger partial charge < -0.3 is 5.32 Å². The van der Waals surface area contributed by atoms with E-state index in [9.17, 15) is 10.1 Å². The first-order valence-electron chi connectivity index (χ1n) is 5.92. The van der Waals surface area contributed by atoms with Crippen LogP contribution in [0.3, 0.4) is 0 Å². The van der Waals surface area contributed by atoms with Crippen LogP contribution in [0.15, 0.2) is 24.3 Å². The van der Waals surface area contributed by atoms with Crippen LogP contribution >= 0.6 is 11.3 Å². The molecule has 2 aromatic rings. The summed E-state index contributed by atoms with van der Waals surface area (Å²) in [5, 5.41) is 14.0. The van der Waals surface area contributed by atoms with Crippen molar-refractivity contribution in [2.75, 3.05) is 5.32 Å². The molecule has 0 radical (unpaired) electrons. The number of pyridine rings is 1. The van der Waals surface area contributed by atoms with Gasteiger partial charge in [-0.25, -0.2) is 4.98 Å². The number of hydrogen-bond donors (Lipinski definition) is 1. The van der Waals surface area contributed by atoms with Crippen molar-refractivity contribution < 1.29 is 4.92 Å². The Bertz CT molecular complexity index is 610. The van der Waals surface area contributed by atoms with E-state index in [-0.39, 0.29) is 11.7 Å². The van der Waals surface area contributed by atoms with E-state index in [4.69, 9.17) is 0 Å². The van der Waals surface area contributed by atoms with Crippen LogP contribution < -0.4 is 5.32 Å². The second-order valence-electron chi connectivity index (χ2n) is 4.37. The summed E-state index contributed by atoms with van der Waals surface area (Å²) in [6, 6.07) is 7.41. The first kappa shape index (κ1) is 13.5. The van der Waals surface area contributed by atoms with Crippen molar-refractivity contribution >= 4 is 22.8 Å². The zero-order valence-corrected chi connectivity index (χ0v) is 11.8. The molecule has 0 amide bonds. The number of rotatable bonds is 4. The van der Waals surface area contributed by atoms with Crippen LogP contribution in [0.5, 0.6) is 0 Å². The molecular weight excluding hydrogens is 262 g/mol. The van der Waals surface area contributed by atoms with Gasteiger partial charge >= 0.3 is 0 Å². The highest BCUT2D eigenvalue weighted by atomic mass is 32.1. The Balaban J connectivity index is 2.15. The summed E-state index contributed by atoms with van der Waals surface area (Å²) in [5.41, 5.74) is 0.467. The van der Waals surface area contributed by atoms with Gasteiger partial charge in [0.2, 0.25) is 0 Å². The third-order valence-electron chi connectivity index (χ3n) is 2.81. The maximum atomic E-state index is 10.7. The summed E-state index contributed by atoms with van der Waals surface area (Å²) < 4.78 is 0. The van der Waals surface area contributed by atoms with Crippen LogP contribution in [0, 0.1) is 24.0 Å². The third-order valence-corrected chi connectivity index (χ3v) is 3.99. The van der Waals surface area contributed by atoms with Gasteiger partial charge in [-0.1, -0.05) is 0 Å². The highest BCUT2D eigenvalue weighted by Gasteiger charge is 2.13. The van der Waals surface area contributed by atoms with Gasteiger partial charge in [-0.2, -0.15) is 0 Å². The second kappa shape index (κ2) is 5.36. The Morgan fingerprint density at radius 3 is 2.58 bits per heavy atom. The fraction of sp³-hybridized carbons (Fsp3) is 0.308. The predicted octanol–water partition coefficient (Wildman–Crippen LogP) is 3.84. The van der Waals surface area contributed by atoms with E-state index in [1.165, 1.54) is 15.8 Å². The minimum absolute atomic E-state index is 0.0465. The molecule has 0 aliphatic heterocycles. The van der Waals surface area contributed by atoms with E-state index in [1.54, 1.807) is 24.3 Å². The fourth-order valence-corrected chi connectivity index (χ4v) is 2.69. The first-order chi connectivity index (χ1) is 8.97. The molecule has 0 bridgehead atoms. The number of aromatic nitrogens is 1. The minimum Gasteiger partial charge on any atom is -0.363 e. The summed E-state index contributed by atoms with van der Waals surface area (Å²) in [7, 11) is 0. The molecule has 1 unspecified atom stereocenters. The summed E-state index contributed by atoms with van der Waals surface area (Å²) in [6.45, 7) is 5.75. The van der Waals surface area contributed by atoms with Gasteiger partial charge in [-0.3, -0.25) is 10.1 Å². The minimum atomic E-state index is -0.418. The maximum absolute atomic E-state index is 10.7. The van der Waals surface area contributed by atoms with Gasteiger partial charge in [0.1, 0.15) is 11.5 Å². The lowest BCUT2D eigenvalue weighted by Gasteiger charge is -2.13. The number of aryl methyl sites for hydroxylation is 2. The van der Waals surface area contributed by atoms with Crippen molar-refractivity contribution in [2.45, 2.75) is 26.8 Å². The van der Waals surface area contributed by atoms with Crippen LogP contribution in [-0.2, 0) is 0 Å². The van der Waals surface area contributed by atoms with Crippen LogP contribution in [0.25, 0.3) is 0 Å². The van der Waals surface area contributed by atoms with Crippen molar-refractivity contribution in [1.82, 2.24) is 4.98 Å². The molecule has 2 rings (SSSR count). The molecule has 6 heteroatoms. The molecule has 100 valence electrons. The van der Waals surface area contributed by atoms with E-state index in [2.05, 4.69) is 29.4 Å². The average Bonchev–Trinajstić information content (AvgIpc) is 2.75. The quantitative estimate of drug-likeness (QED) is 0.681. The topological polar surface area (TPSA) is 68.1 Å². The zero-order chi connectivity index (χ0) is 14.0. The smallest absolute Gasteiger partial charge is 0.290 e. The Kier molecular flexibility index (Phi) is 3.80. The van der Waals surface area contributed by atoms with Gasteiger partial charge in [0.05, 0.1) is 11.0 Å². The Hall–Kier alpha value is -1.95. The molecule has 0 saturated carbocycles. The molecule has 0 saturated heterocycles. The summed E-state index contributed by atoms with van der Waals surface area (Å²) in [4.78, 5) is 17.0. The second-order valence-corrected chi connectivity index (χ2v) is 5.69. The van der Waals surface area contributed by atoms with Crippen LogP contribution in [-0.4, -0.2) is 9.91 Å². The highest BCUT2D eigenvalue weighted by Crippen LogP contribution is 2.26. The molecular formula is C13H15N3O2S.